The fraction of sp³-hybridized carbons (Fsp3) is 0.464. The fourth-order valence-electron chi connectivity index (χ4n) is 5.04. The van der Waals surface area contributed by atoms with Crippen molar-refractivity contribution in [1.82, 2.24) is 25.6 Å². The van der Waals surface area contributed by atoms with Gasteiger partial charge in [-0.3, -0.25) is 19.7 Å². The molecule has 2 aromatic heterocycles. The molecule has 1 unspecified atom stereocenters. The Morgan fingerprint density at radius 1 is 1.16 bits per heavy atom. The predicted octanol–water partition coefficient (Wildman–Crippen LogP) is 4.22. The lowest BCUT2D eigenvalue weighted by molar-refractivity contribution is -0.136. The minimum atomic E-state index is -0.542. The molecule has 2 fully saturated rings. The van der Waals surface area contributed by atoms with Gasteiger partial charge in [0.1, 0.15) is 11.7 Å². The zero-order valence-corrected chi connectivity index (χ0v) is 22.6. The Morgan fingerprint density at radius 3 is 2.66 bits per heavy atom. The van der Waals surface area contributed by atoms with Gasteiger partial charge in [-0.1, -0.05) is 31.2 Å². The first-order chi connectivity index (χ1) is 18.2. The molecule has 200 valence electrons. The second-order valence-corrected chi connectivity index (χ2v) is 12.1. The second-order valence-electron chi connectivity index (χ2n) is 11.1. The van der Waals surface area contributed by atoms with Crippen molar-refractivity contribution in [3.05, 3.63) is 52.3 Å². The molecular formula is C28H34N6O3S. The van der Waals surface area contributed by atoms with E-state index < -0.39 is 6.04 Å². The molecule has 3 aromatic rings. The Bertz CT molecular complexity index is 1300. The first-order valence-corrected chi connectivity index (χ1v) is 14.1. The van der Waals surface area contributed by atoms with Gasteiger partial charge in [-0.05, 0) is 61.3 Å². The van der Waals surface area contributed by atoms with Crippen LogP contribution in [0.3, 0.4) is 0 Å². The summed E-state index contributed by atoms with van der Waals surface area (Å²) in [5.74, 6) is -0.710. The fourth-order valence-corrected chi connectivity index (χ4v) is 5.92. The molecule has 1 aliphatic carbocycles. The van der Waals surface area contributed by atoms with Gasteiger partial charge in [0.2, 0.25) is 11.8 Å². The number of thiophene rings is 1. The van der Waals surface area contributed by atoms with Crippen LogP contribution >= 0.6 is 11.3 Å². The molecule has 9 nitrogen and oxygen atoms in total. The highest BCUT2D eigenvalue weighted by Crippen LogP contribution is 2.35. The summed E-state index contributed by atoms with van der Waals surface area (Å²) in [5.41, 5.74) is 3.93. The summed E-state index contributed by atoms with van der Waals surface area (Å²) < 4.78 is 1.50. The SMILES string of the molecule is CC1(C)CCC(NCc2ccc(NC(=O)Cc3cc(-c4cn(C5CCC(=O)NC5=O)nn4)cs3)cc2)CC1. The molecule has 3 heterocycles. The highest BCUT2D eigenvalue weighted by Gasteiger charge is 2.29. The number of nitrogens with one attached hydrogen (secondary N) is 3. The maximum absolute atomic E-state index is 12.6. The van der Waals surface area contributed by atoms with Crippen LogP contribution in [0.5, 0.6) is 0 Å². The van der Waals surface area contributed by atoms with Crippen LogP contribution < -0.4 is 16.0 Å². The van der Waals surface area contributed by atoms with Gasteiger partial charge >= 0.3 is 0 Å². The minimum Gasteiger partial charge on any atom is -0.326 e. The van der Waals surface area contributed by atoms with Gasteiger partial charge < -0.3 is 10.6 Å². The molecule has 10 heteroatoms. The number of piperidine rings is 1. The number of hydrogen-bond acceptors (Lipinski definition) is 7. The van der Waals surface area contributed by atoms with Crippen LogP contribution in [0.25, 0.3) is 11.3 Å². The van der Waals surface area contributed by atoms with Gasteiger partial charge in [0.25, 0.3) is 5.91 Å². The first-order valence-electron chi connectivity index (χ1n) is 13.2. The van der Waals surface area contributed by atoms with Crippen molar-refractivity contribution in [3.8, 4) is 11.3 Å². The number of rotatable bonds is 8. The average molecular weight is 535 g/mol. The second kappa shape index (κ2) is 11.2. The Labute approximate surface area is 226 Å². The number of benzene rings is 1. The van der Waals surface area contributed by atoms with Gasteiger partial charge in [-0.15, -0.1) is 16.4 Å². The van der Waals surface area contributed by atoms with E-state index in [1.807, 2.05) is 23.6 Å². The Kier molecular flexibility index (Phi) is 7.71. The minimum absolute atomic E-state index is 0.0821. The summed E-state index contributed by atoms with van der Waals surface area (Å²) >= 11 is 1.48. The Morgan fingerprint density at radius 2 is 1.92 bits per heavy atom. The summed E-state index contributed by atoms with van der Waals surface area (Å²) in [5, 5.41) is 19.2. The van der Waals surface area contributed by atoms with Crippen molar-refractivity contribution in [2.45, 2.75) is 77.4 Å². The molecule has 1 saturated carbocycles. The van der Waals surface area contributed by atoms with Gasteiger partial charge in [0, 0.05) is 40.5 Å². The first kappa shape index (κ1) is 26.2. The highest BCUT2D eigenvalue weighted by atomic mass is 32.1. The quantitative estimate of drug-likeness (QED) is 0.373. The Hall–Kier alpha value is -3.37. The van der Waals surface area contributed by atoms with E-state index >= 15 is 0 Å². The number of carbonyl (C=O) groups excluding carboxylic acids is 3. The summed E-state index contributed by atoms with van der Waals surface area (Å²) in [6, 6.07) is 9.98. The van der Waals surface area contributed by atoms with E-state index in [4.69, 9.17) is 0 Å². The number of anilines is 1. The van der Waals surface area contributed by atoms with Crippen LogP contribution in [0.15, 0.2) is 41.9 Å². The summed E-state index contributed by atoms with van der Waals surface area (Å²) in [6.45, 7) is 5.54. The van der Waals surface area contributed by atoms with Crippen molar-refractivity contribution in [2.24, 2.45) is 5.41 Å². The highest BCUT2D eigenvalue weighted by molar-refractivity contribution is 7.10. The molecule has 2 aliphatic rings. The summed E-state index contributed by atoms with van der Waals surface area (Å²) in [4.78, 5) is 37.0. The number of carbonyl (C=O) groups is 3. The standard InChI is InChI=1S/C28H34N6O3S/c1-28(2)11-9-20(10-12-28)29-15-18-3-5-21(6-4-18)30-26(36)14-22-13-19(17-38-22)23-16-34(33-32-23)24-7-8-25(35)31-27(24)37/h3-6,13,16-17,20,24,29H,7-12,14-15H2,1-2H3,(H,30,36)(H,31,35,37). The van der Waals surface area contributed by atoms with E-state index in [1.54, 1.807) is 6.20 Å². The average Bonchev–Trinajstić information content (AvgIpc) is 3.54. The van der Waals surface area contributed by atoms with Gasteiger partial charge in [-0.2, -0.15) is 0 Å². The molecule has 3 N–H and O–H groups in total. The zero-order chi connectivity index (χ0) is 26.7. The Balaban J connectivity index is 1.10. The largest absolute Gasteiger partial charge is 0.326 e. The molecule has 1 atom stereocenters. The van der Waals surface area contributed by atoms with Crippen LogP contribution in [0, 0.1) is 5.41 Å². The summed E-state index contributed by atoms with van der Waals surface area (Å²) in [6.07, 6.45) is 7.63. The van der Waals surface area contributed by atoms with Crippen LogP contribution in [-0.2, 0) is 27.3 Å². The van der Waals surface area contributed by atoms with Crippen molar-refractivity contribution >= 4 is 34.7 Å². The van der Waals surface area contributed by atoms with Gasteiger partial charge in [0.15, 0.2) is 0 Å². The number of amides is 3. The zero-order valence-electron chi connectivity index (χ0n) is 21.8. The normalized spacial score (nSPS) is 19.8. The number of imide groups is 1. The molecule has 1 aliphatic heterocycles. The van der Waals surface area contributed by atoms with E-state index in [0.717, 1.165) is 22.7 Å². The van der Waals surface area contributed by atoms with Crippen LogP contribution in [0.2, 0.25) is 0 Å². The monoisotopic (exact) mass is 534 g/mol. The van der Waals surface area contributed by atoms with Crippen molar-refractivity contribution in [3.63, 3.8) is 0 Å². The molecule has 0 radical (unpaired) electrons. The van der Waals surface area contributed by atoms with E-state index in [1.165, 1.54) is 47.3 Å². The van der Waals surface area contributed by atoms with Crippen molar-refractivity contribution < 1.29 is 14.4 Å². The molecule has 1 aromatic carbocycles. The van der Waals surface area contributed by atoms with E-state index in [9.17, 15) is 14.4 Å². The van der Waals surface area contributed by atoms with Crippen LogP contribution in [0.1, 0.15) is 68.9 Å². The van der Waals surface area contributed by atoms with E-state index in [2.05, 4.69) is 52.2 Å². The summed E-state index contributed by atoms with van der Waals surface area (Å²) in [7, 11) is 0. The third-order valence-corrected chi connectivity index (χ3v) is 8.43. The maximum Gasteiger partial charge on any atom is 0.251 e. The topological polar surface area (TPSA) is 118 Å². The molecule has 3 amide bonds. The molecule has 1 saturated heterocycles. The lowest BCUT2D eigenvalue weighted by Crippen LogP contribution is -2.41. The van der Waals surface area contributed by atoms with Crippen molar-refractivity contribution in [2.75, 3.05) is 5.32 Å². The number of nitrogens with zero attached hydrogens (tertiary/aromatic N) is 3. The molecule has 0 bridgehead atoms. The smallest absolute Gasteiger partial charge is 0.251 e. The predicted molar refractivity (Wildman–Crippen MR) is 146 cm³/mol. The number of aromatic nitrogens is 3. The molecule has 0 spiro atoms. The number of hydrogen-bond donors (Lipinski definition) is 3. The third kappa shape index (κ3) is 6.54. The van der Waals surface area contributed by atoms with Gasteiger partial charge in [0.05, 0.1) is 12.6 Å². The van der Waals surface area contributed by atoms with Crippen LogP contribution in [-0.4, -0.2) is 38.8 Å². The van der Waals surface area contributed by atoms with E-state index in [0.29, 0.717) is 23.6 Å². The lowest BCUT2D eigenvalue weighted by atomic mass is 9.75. The van der Waals surface area contributed by atoms with Crippen LogP contribution in [0.4, 0.5) is 5.69 Å². The third-order valence-electron chi connectivity index (χ3n) is 7.50. The van der Waals surface area contributed by atoms with Gasteiger partial charge in [-0.25, -0.2) is 4.68 Å². The lowest BCUT2D eigenvalue weighted by Gasteiger charge is -2.34. The molecule has 38 heavy (non-hydrogen) atoms. The van der Waals surface area contributed by atoms with E-state index in [-0.39, 0.29) is 30.6 Å². The molecular weight excluding hydrogens is 500 g/mol. The molecule has 5 rings (SSSR count). The maximum atomic E-state index is 12.6. The van der Waals surface area contributed by atoms with Crippen molar-refractivity contribution in [1.29, 1.82) is 0 Å².